The second-order valence-corrected chi connectivity index (χ2v) is 4.76. The van der Waals surface area contributed by atoms with Crippen molar-refractivity contribution < 1.29 is 0 Å². The lowest BCUT2D eigenvalue weighted by Gasteiger charge is -2.16. The van der Waals surface area contributed by atoms with E-state index in [2.05, 4.69) is 35.3 Å². The number of rotatable bonds is 3. The number of hydrogen-bond acceptors (Lipinski definition) is 3. The molecule has 0 bridgehead atoms. The Labute approximate surface area is 108 Å². The minimum Gasteiger partial charge on any atom is -0.377 e. The third kappa shape index (κ3) is 2.37. The van der Waals surface area contributed by atoms with Crippen LogP contribution in [0.5, 0.6) is 0 Å². The van der Waals surface area contributed by atoms with Gasteiger partial charge in [-0.3, -0.25) is 9.67 Å². The van der Waals surface area contributed by atoms with Gasteiger partial charge in [0.1, 0.15) is 0 Å². The van der Waals surface area contributed by atoms with Crippen molar-refractivity contribution in [1.29, 1.82) is 0 Å². The van der Waals surface area contributed by atoms with Crippen LogP contribution >= 0.6 is 0 Å². The molecular weight excluding hydrogens is 224 g/mol. The topological polar surface area (TPSA) is 42.7 Å². The standard InChI is InChI=1S/C14H20N4/c1-9-6-7-13(8-15-9)16-10(2)14-11(3)17-18(5)12(14)4/h6-8,10,16H,1-5H3. The fraction of sp³-hybridized carbons (Fsp3) is 0.429. The van der Waals surface area contributed by atoms with E-state index in [4.69, 9.17) is 0 Å². The predicted molar refractivity (Wildman–Crippen MR) is 73.7 cm³/mol. The molecule has 0 aromatic carbocycles. The number of nitrogens with zero attached hydrogens (tertiary/aromatic N) is 3. The number of aromatic nitrogens is 3. The molecule has 0 amide bonds. The highest BCUT2D eigenvalue weighted by Gasteiger charge is 2.15. The highest BCUT2D eigenvalue weighted by Crippen LogP contribution is 2.24. The van der Waals surface area contributed by atoms with E-state index in [-0.39, 0.29) is 6.04 Å². The molecule has 4 nitrogen and oxygen atoms in total. The van der Waals surface area contributed by atoms with Gasteiger partial charge in [0.05, 0.1) is 23.6 Å². The third-order valence-electron chi connectivity index (χ3n) is 3.29. The number of nitrogens with one attached hydrogen (secondary N) is 1. The summed E-state index contributed by atoms with van der Waals surface area (Å²) in [6.45, 7) is 8.29. The van der Waals surface area contributed by atoms with E-state index in [1.165, 1.54) is 11.3 Å². The summed E-state index contributed by atoms with van der Waals surface area (Å²) in [6, 6.07) is 4.29. The van der Waals surface area contributed by atoms with Crippen LogP contribution < -0.4 is 5.32 Å². The lowest BCUT2D eigenvalue weighted by Crippen LogP contribution is -2.09. The van der Waals surface area contributed by atoms with Crippen LogP contribution in [0.2, 0.25) is 0 Å². The second kappa shape index (κ2) is 4.80. The van der Waals surface area contributed by atoms with E-state index in [0.29, 0.717) is 0 Å². The molecule has 0 aliphatic carbocycles. The van der Waals surface area contributed by atoms with E-state index in [0.717, 1.165) is 17.1 Å². The van der Waals surface area contributed by atoms with E-state index in [1.54, 1.807) is 0 Å². The number of pyridine rings is 1. The zero-order valence-electron chi connectivity index (χ0n) is 11.7. The molecule has 18 heavy (non-hydrogen) atoms. The van der Waals surface area contributed by atoms with E-state index >= 15 is 0 Å². The minimum absolute atomic E-state index is 0.225. The van der Waals surface area contributed by atoms with Crippen LogP contribution in [-0.4, -0.2) is 14.8 Å². The smallest absolute Gasteiger partial charge is 0.0649 e. The number of anilines is 1. The van der Waals surface area contributed by atoms with Gasteiger partial charge in [-0.1, -0.05) is 0 Å². The van der Waals surface area contributed by atoms with E-state index in [9.17, 15) is 0 Å². The summed E-state index contributed by atoms with van der Waals surface area (Å²) in [6.07, 6.45) is 1.87. The molecule has 0 radical (unpaired) electrons. The zero-order chi connectivity index (χ0) is 13.3. The van der Waals surface area contributed by atoms with Crippen LogP contribution in [0.1, 0.15) is 35.6 Å². The quantitative estimate of drug-likeness (QED) is 0.902. The fourth-order valence-electron chi connectivity index (χ4n) is 2.29. The molecule has 0 saturated heterocycles. The first-order valence-corrected chi connectivity index (χ1v) is 6.18. The molecule has 2 aromatic rings. The van der Waals surface area contributed by atoms with Crippen LogP contribution in [0.25, 0.3) is 0 Å². The molecule has 2 rings (SSSR count). The van der Waals surface area contributed by atoms with Gasteiger partial charge in [0.15, 0.2) is 0 Å². The highest BCUT2D eigenvalue weighted by molar-refractivity contribution is 5.44. The van der Waals surface area contributed by atoms with Crippen molar-refractivity contribution in [3.8, 4) is 0 Å². The number of aryl methyl sites for hydroxylation is 3. The van der Waals surface area contributed by atoms with Crippen LogP contribution in [0.3, 0.4) is 0 Å². The van der Waals surface area contributed by atoms with Crippen molar-refractivity contribution in [2.75, 3.05) is 5.32 Å². The third-order valence-corrected chi connectivity index (χ3v) is 3.29. The summed E-state index contributed by atoms with van der Waals surface area (Å²) in [5, 5.41) is 7.91. The fourth-order valence-corrected chi connectivity index (χ4v) is 2.29. The summed E-state index contributed by atoms with van der Waals surface area (Å²) < 4.78 is 1.93. The molecule has 1 N–H and O–H groups in total. The number of hydrogen-bond donors (Lipinski definition) is 1. The molecule has 4 heteroatoms. The Morgan fingerprint density at radius 3 is 2.44 bits per heavy atom. The Bertz CT molecular complexity index is 540. The Balaban J connectivity index is 2.21. The van der Waals surface area contributed by atoms with Crippen molar-refractivity contribution in [1.82, 2.24) is 14.8 Å². The van der Waals surface area contributed by atoms with Gasteiger partial charge < -0.3 is 5.32 Å². The minimum atomic E-state index is 0.225. The molecule has 0 spiro atoms. The Morgan fingerprint density at radius 1 is 1.22 bits per heavy atom. The largest absolute Gasteiger partial charge is 0.377 e. The Kier molecular flexibility index (Phi) is 3.36. The SMILES string of the molecule is Cc1ccc(NC(C)c2c(C)nn(C)c2C)cn1. The zero-order valence-corrected chi connectivity index (χ0v) is 11.7. The van der Waals surface area contributed by atoms with Gasteiger partial charge in [0.2, 0.25) is 0 Å². The monoisotopic (exact) mass is 244 g/mol. The molecule has 1 atom stereocenters. The summed E-state index contributed by atoms with van der Waals surface area (Å²) in [5.74, 6) is 0. The molecule has 1 unspecified atom stereocenters. The normalized spacial score (nSPS) is 12.5. The van der Waals surface area contributed by atoms with Crippen LogP contribution in [0.15, 0.2) is 18.3 Å². The van der Waals surface area contributed by atoms with Gasteiger partial charge in [-0.25, -0.2) is 0 Å². The second-order valence-electron chi connectivity index (χ2n) is 4.76. The molecule has 0 saturated carbocycles. The van der Waals surface area contributed by atoms with Gasteiger partial charge in [0.25, 0.3) is 0 Å². The molecular formula is C14H20N4. The average Bonchev–Trinajstić information content (AvgIpc) is 2.56. The van der Waals surface area contributed by atoms with E-state index < -0.39 is 0 Å². The molecule has 96 valence electrons. The molecule has 0 fully saturated rings. The predicted octanol–water partition coefficient (Wildman–Crippen LogP) is 2.91. The lowest BCUT2D eigenvalue weighted by atomic mass is 10.1. The van der Waals surface area contributed by atoms with E-state index in [1.807, 2.05) is 37.8 Å². The van der Waals surface area contributed by atoms with Crippen LogP contribution in [-0.2, 0) is 7.05 Å². The van der Waals surface area contributed by atoms with Crippen molar-refractivity contribution in [3.63, 3.8) is 0 Å². The summed E-state index contributed by atoms with van der Waals surface area (Å²) in [5.41, 5.74) is 5.61. The van der Waals surface area contributed by atoms with Crippen LogP contribution in [0.4, 0.5) is 5.69 Å². The first-order chi connectivity index (χ1) is 8.49. The van der Waals surface area contributed by atoms with Gasteiger partial charge in [-0.2, -0.15) is 5.10 Å². The van der Waals surface area contributed by atoms with Crippen molar-refractivity contribution >= 4 is 5.69 Å². The Hall–Kier alpha value is -1.84. The molecule has 0 aliphatic rings. The summed E-state index contributed by atoms with van der Waals surface area (Å²) in [7, 11) is 1.98. The first-order valence-electron chi connectivity index (χ1n) is 6.18. The molecule has 0 aliphatic heterocycles. The summed E-state index contributed by atoms with van der Waals surface area (Å²) in [4.78, 5) is 4.29. The van der Waals surface area contributed by atoms with Gasteiger partial charge in [-0.05, 0) is 39.8 Å². The maximum Gasteiger partial charge on any atom is 0.0649 e. The molecule has 2 heterocycles. The van der Waals surface area contributed by atoms with Crippen LogP contribution in [0, 0.1) is 20.8 Å². The Morgan fingerprint density at radius 2 is 1.94 bits per heavy atom. The van der Waals surface area contributed by atoms with Gasteiger partial charge in [-0.15, -0.1) is 0 Å². The lowest BCUT2D eigenvalue weighted by molar-refractivity contribution is 0.728. The highest BCUT2D eigenvalue weighted by atomic mass is 15.3. The maximum absolute atomic E-state index is 4.45. The van der Waals surface area contributed by atoms with Crippen molar-refractivity contribution in [3.05, 3.63) is 41.0 Å². The maximum atomic E-state index is 4.45. The van der Waals surface area contributed by atoms with Gasteiger partial charge >= 0.3 is 0 Å². The first kappa shape index (κ1) is 12.6. The van der Waals surface area contributed by atoms with Crippen molar-refractivity contribution in [2.45, 2.75) is 33.7 Å². The van der Waals surface area contributed by atoms with Crippen molar-refractivity contribution in [2.24, 2.45) is 7.05 Å². The molecule has 2 aromatic heterocycles. The van der Waals surface area contributed by atoms with Gasteiger partial charge in [0, 0.05) is 24.0 Å². The summed E-state index contributed by atoms with van der Waals surface area (Å²) >= 11 is 0. The average molecular weight is 244 g/mol.